The highest BCUT2D eigenvalue weighted by atomic mass is 79.9. The van der Waals surface area contributed by atoms with E-state index < -0.39 is 0 Å². The Labute approximate surface area is 132 Å². The molecule has 0 spiro atoms. The molecule has 108 valence electrons. The van der Waals surface area contributed by atoms with Gasteiger partial charge in [0.25, 0.3) is 5.91 Å². The van der Waals surface area contributed by atoms with Crippen LogP contribution < -0.4 is 5.32 Å². The molecule has 6 heteroatoms. The van der Waals surface area contributed by atoms with Crippen LogP contribution in [0, 0.1) is 0 Å². The lowest BCUT2D eigenvalue weighted by molar-refractivity contribution is 0.0502. The second-order valence-electron chi connectivity index (χ2n) is 5.24. The van der Waals surface area contributed by atoms with Crippen molar-refractivity contribution in [3.8, 4) is 0 Å². The number of nitrogens with zero attached hydrogens (tertiary/aromatic N) is 2. The highest BCUT2D eigenvalue weighted by Crippen LogP contribution is 2.27. The maximum absolute atomic E-state index is 12.5. The number of hydrogen-bond acceptors (Lipinski definition) is 3. The van der Waals surface area contributed by atoms with Gasteiger partial charge in [-0.3, -0.25) is 9.69 Å². The van der Waals surface area contributed by atoms with Crippen molar-refractivity contribution in [3.63, 3.8) is 0 Å². The molecule has 2 saturated heterocycles. The number of nitrogens with one attached hydrogen (secondary N) is 1. The van der Waals surface area contributed by atoms with E-state index in [1.165, 1.54) is 0 Å². The van der Waals surface area contributed by atoms with Gasteiger partial charge in [0.15, 0.2) is 0 Å². The van der Waals surface area contributed by atoms with Crippen LogP contribution in [0.25, 0.3) is 0 Å². The summed E-state index contributed by atoms with van der Waals surface area (Å²) < 4.78 is 0.768. The van der Waals surface area contributed by atoms with Gasteiger partial charge >= 0.3 is 0 Å². The molecule has 0 saturated carbocycles. The number of amides is 1. The minimum Gasteiger partial charge on any atom is -0.336 e. The minimum absolute atomic E-state index is 0.0303. The van der Waals surface area contributed by atoms with Crippen LogP contribution in [-0.2, 0) is 0 Å². The van der Waals surface area contributed by atoms with E-state index in [1.54, 1.807) is 6.07 Å². The third-order valence-corrected chi connectivity index (χ3v) is 5.36. The van der Waals surface area contributed by atoms with Crippen molar-refractivity contribution >= 4 is 33.4 Å². The normalized spacial score (nSPS) is 20.8. The lowest BCUT2D eigenvalue weighted by atomic mass is 10.1. The number of piperazine rings is 1. The van der Waals surface area contributed by atoms with Gasteiger partial charge in [-0.1, -0.05) is 17.7 Å². The van der Waals surface area contributed by atoms with E-state index in [0.29, 0.717) is 16.6 Å². The SMILES string of the molecule is O=C(c1cccc(Br)c1Cl)N1CCN(C2CNC2)CC1. The smallest absolute Gasteiger partial charge is 0.255 e. The summed E-state index contributed by atoms with van der Waals surface area (Å²) in [6.07, 6.45) is 0. The Morgan fingerprint density at radius 1 is 1.25 bits per heavy atom. The Morgan fingerprint density at radius 2 is 1.95 bits per heavy atom. The van der Waals surface area contributed by atoms with Gasteiger partial charge in [0, 0.05) is 49.8 Å². The zero-order chi connectivity index (χ0) is 14.1. The number of benzene rings is 1. The van der Waals surface area contributed by atoms with Crippen molar-refractivity contribution in [2.75, 3.05) is 39.3 Å². The minimum atomic E-state index is 0.0303. The van der Waals surface area contributed by atoms with E-state index in [0.717, 1.165) is 43.7 Å². The van der Waals surface area contributed by atoms with Gasteiger partial charge in [0.05, 0.1) is 10.6 Å². The first-order chi connectivity index (χ1) is 9.66. The van der Waals surface area contributed by atoms with E-state index in [1.807, 2.05) is 17.0 Å². The summed E-state index contributed by atoms with van der Waals surface area (Å²) in [5.74, 6) is 0.0303. The van der Waals surface area contributed by atoms with Gasteiger partial charge in [-0.2, -0.15) is 0 Å². The molecule has 4 nitrogen and oxygen atoms in total. The van der Waals surface area contributed by atoms with Crippen molar-refractivity contribution < 1.29 is 4.79 Å². The summed E-state index contributed by atoms with van der Waals surface area (Å²) in [5.41, 5.74) is 0.583. The Kier molecular flexibility index (Phi) is 4.31. The molecule has 1 N–H and O–H groups in total. The molecule has 0 radical (unpaired) electrons. The molecular weight excluding hydrogens is 342 g/mol. The third-order valence-electron chi connectivity index (χ3n) is 4.06. The molecular formula is C14H17BrClN3O. The zero-order valence-electron chi connectivity index (χ0n) is 11.1. The second-order valence-corrected chi connectivity index (χ2v) is 6.47. The van der Waals surface area contributed by atoms with Crippen LogP contribution >= 0.6 is 27.5 Å². The molecule has 3 rings (SSSR count). The van der Waals surface area contributed by atoms with Crippen LogP contribution in [0.15, 0.2) is 22.7 Å². The van der Waals surface area contributed by atoms with Crippen LogP contribution in [0.2, 0.25) is 5.02 Å². The van der Waals surface area contributed by atoms with Gasteiger partial charge in [0.1, 0.15) is 0 Å². The monoisotopic (exact) mass is 357 g/mol. The van der Waals surface area contributed by atoms with E-state index in [-0.39, 0.29) is 5.91 Å². The maximum atomic E-state index is 12.5. The predicted molar refractivity (Wildman–Crippen MR) is 83.3 cm³/mol. The van der Waals surface area contributed by atoms with Gasteiger partial charge in [-0.25, -0.2) is 0 Å². The maximum Gasteiger partial charge on any atom is 0.255 e. The van der Waals surface area contributed by atoms with Crippen LogP contribution in [-0.4, -0.2) is 61.0 Å². The standard InChI is InChI=1S/C14H17BrClN3O/c15-12-3-1-2-11(13(12)16)14(20)19-6-4-18(5-7-19)10-8-17-9-10/h1-3,10,17H,4-9H2. The van der Waals surface area contributed by atoms with Crippen molar-refractivity contribution in [1.82, 2.24) is 15.1 Å². The largest absolute Gasteiger partial charge is 0.336 e. The summed E-state index contributed by atoms with van der Waals surface area (Å²) in [6.45, 7) is 5.60. The molecule has 2 aliphatic rings. The number of carbonyl (C=O) groups excluding carboxylic acids is 1. The lowest BCUT2D eigenvalue weighted by Gasteiger charge is -2.43. The summed E-state index contributed by atoms with van der Waals surface area (Å²) >= 11 is 9.57. The lowest BCUT2D eigenvalue weighted by Crippen LogP contribution is -2.62. The summed E-state index contributed by atoms with van der Waals surface area (Å²) in [5, 5.41) is 3.79. The van der Waals surface area contributed by atoms with Crippen LogP contribution in [0.5, 0.6) is 0 Å². The van der Waals surface area contributed by atoms with Crippen molar-refractivity contribution in [2.45, 2.75) is 6.04 Å². The van der Waals surface area contributed by atoms with Gasteiger partial charge < -0.3 is 10.2 Å². The van der Waals surface area contributed by atoms with Crippen LogP contribution in [0.4, 0.5) is 0 Å². The fraction of sp³-hybridized carbons (Fsp3) is 0.500. The number of carbonyl (C=O) groups is 1. The molecule has 20 heavy (non-hydrogen) atoms. The van der Waals surface area contributed by atoms with Gasteiger partial charge in [-0.15, -0.1) is 0 Å². The zero-order valence-corrected chi connectivity index (χ0v) is 13.5. The summed E-state index contributed by atoms with van der Waals surface area (Å²) in [4.78, 5) is 16.9. The molecule has 0 aromatic heterocycles. The van der Waals surface area contributed by atoms with E-state index >= 15 is 0 Å². The van der Waals surface area contributed by atoms with Crippen molar-refractivity contribution in [2.24, 2.45) is 0 Å². The molecule has 1 aromatic carbocycles. The quantitative estimate of drug-likeness (QED) is 0.876. The average molecular weight is 359 g/mol. The Morgan fingerprint density at radius 3 is 2.55 bits per heavy atom. The fourth-order valence-corrected chi connectivity index (χ4v) is 3.23. The third kappa shape index (κ3) is 2.72. The number of hydrogen-bond donors (Lipinski definition) is 1. The number of halogens is 2. The van der Waals surface area contributed by atoms with Crippen molar-refractivity contribution in [3.05, 3.63) is 33.3 Å². The molecule has 2 heterocycles. The molecule has 2 fully saturated rings. The van der Waals surface area contributed by atoms with E-state index in [4.69, 9.17) is 11.6 Å². The summed E-state index contributed by atoms with van der Waals surface area (Å²) in [7, 11) is 0. The average Bonchev–Trinajstić information content (AvgIpc) is 2.40. The van der Waals surface area contributed by atoms with Crippen LogP contribution in [0.1, 0.15) is 10.4 Å². The molecule has 0 atom stereocenters. The Balaban J connectivity index is 1.65. The fourth-order valence-electron chi connectivity index (χ4n) is 2.66. The van der Waals surface area contributed by atoms with Crippen molar-refractivity contribution in [1.29, 1.82) is 0 Å². The predicted octanol–water partition coefficient (Wildman–Crippen LogP) is 1.83. The first-order valence-electron chi connectivity index (χ1n) is 6.85. The van der Waals surface area contributed by atoms with Crippen LogP contribution in [0.3, 0.4) is 0 Å². The Hall–Kier alpha value is -0.620. The molecule has 2 aliphatic heterocycles. The molecule has 1 amide bonds. The molecule has 0 unspecified atom stereocenters. The van der Waals surface area contributed by atoms with E-state index in [2.05, 4.69) is 26.1 Å². The topological polar surface area (TPSA) is 35.6 Å². The second kappa shape index (κ2) is 6.02. The molecule has 0 aliphatic carbocycles. The molecule has 0 bridgehead atoms. The van der Waals surface area contributed by atoms with E-state index in [9.17, 15) is 4.79 Å². The van der Waals surface area contributed by atoms with Gasteiger partial charge in [-0.05, 0) is 28.1 Å². The number of rotatable bonds is 2. The first kappa shape index (κ1) is 14.3. The Bertz CT molecular complexity index is 513. The van der Waals surface area contributed by atoms with Gasteiger partial charge in [0.2, 0.25) is 0 Å². The highest BCUT2D eigenvalue weighted by molar-refractivity contribution is 9.10. The summed E-state index contributed by atoms with van der Waals surface area (Å²) in [6, 6.07) is 6.14. The molecule has 1 aromatic rings. The first-order valence-corrected chi connectivity index (χ1v) is 8.02. The highest BCUT2D eigenvalue weighted by Gasteiger charge is 2.30.